The highest BCUT2D eigenvalue weighted by Gasteiger charge is 2.56. The number of rotatable bonds is 13. The molecule has 4 aliphatic rings. The van der Waals surface area contributed by atoms with E-state index in [0.717, 1.165) is 58.6 Å². The van der Waals surface area contributed by atoms with Crippen LogP contribution in [-0.2, 0) is 14.8 Å². The number of nitrogens with one attached hydrogen (secondary N) is 3. The number of sulfonamides is 1. The molecule has 9 rings (SSSR count). The van der Waals surface area contributed by atoms with Crippen molar-refractivity contribution in [3.63, 3.8) is 0 Å². The van der Waals surface area contributed by atoms with Crippen molar-refractivity contribution in [2.45, 2.75) is 77.0 Å². The Kier molecular flexibility index (Phi) is 13.8. The van der Waals surface area contributed by atoms with Crippen molar-refractivity contribution in [1.82, 2.24) is 19.6 Å². The van der Waals surface area contributed by atoms with Crippen LogP contribution in [0.1, 0.15) is 75.7 Å². The molecular formula is C51H58ClF3N8O7S. The summed E-state index contributed by atoms with van der Waals surface area (Å²) in [4.78, 5) is 39.2. The summed E-state index contributed by atoms with van der Waals surface area (Å²) in [5.41, 5.74) is 2.53. The molecule has 0 bridgehead atoms. The number of carbonyl (C=O) groups excluding carboxylic acids is 1. The lowest BCUT2D eigenvalue weighted by atomic mass is 9.72. The number of fused-ring (bicyclic) bond motifs is 2. The first-order valence-electron chi connectivity index (χ1n) is 23.9. The summed E-state index contributed by atoms with van der Waals surface area (Å²) in [6, 6.07) is 19.7. The Morgan fingerprint density at radius 2 is 1.72 bits per heavy atom. The number of nitro benzene ring substituents is 1. The third kappa shape index (κ3) is 10.7. The van der Waals surface area contributed by atoms with Gasteiger partial charge in [-0.15, -0.1) is 0 Å². The minimum absolute atomic E-state index is 0.109. The lowest BCUT2D eigenvalue weighted by Crippen LogP contribution is -2.53. The van der Waals surface area contributed by atoms with Crippen LogP contribution in [0.25, 0.3) is 16.6 Å². The molecule has 3 N–H and O–H groups in total. The first-order chi connectivity index (χ1) is 33.7. The van der Waals surface area contributed by atoms with Crippen molar-refractivity contribution in [2.24, 2.45) is 16.7 Å². The Bertz CT molecular complexity index is 2970. The largest absolute Gasteiger partial charge is 0.470 e. The van der Waals surface area contributed by atoms with Crippen LogP contribution in [0.15, 0.2) is 89.5 Å². The fourth-order valence-corrected chi connectivity index (χ4v) is 11.0. The molecule has 20 heteroatoms. The van der Waals surface area contributed by atoms with E-state index in [2.05, 4.69) is 55.8 Å². The van der Waals surface area contributed by atoms with Gasteiger partial charge in [-0.1, -0.05) is 43.2 Å². The molecule has 0 unspecified atom stereocenters. The second-order valence-electron chi connectivity index (χ2n) is 20.4. The molecule has 15 nitrogen and oxygen atoms in total. The monoisotopic (exact) mass is 1020 g/mol. The molecule has 71 heavy (non-hydrogen) atoms. The molecule has 0 radical (unpaired) electrons. The van der Waals surface area contributed by atoms with Gasteiger partial charge in [0.25, 0.3) is 21.6 Å². The molecule has 2 saturated heterocycles. The molecule has 1 aliphatic carbocycles. The highest BCUT2D eigenvalue weighted by Crippen LogP contribution is 2.49. The smallest absolute Gasteiger partial charge is 0.397 e. The maximum absolute atomic E-state index is 14.8. The Balaban J connectivity index is 1.04. The molecule has 3 aliphatic heterocycles. The van der Waals surface area contributed by atoms with Crippen LogP contribution < -0.4 is 24.6 Å². The third-order valence-electron chi connectivity index (χ3n) is 14.6. The molecule has 5 aromatic rings. The maximum atomic E-state index is 14.8. The number of hydrogen-bond donors (Lipinski definition) is 3. The number of aromatic amines is 1. The fourth-order valence-electron chi connectivity index (χ4n) is 9.91. The number of carbonyl (C=O) groups is 1. The van der Waals surface area contributed by atoms with Crippen molar-refractivity contribution in [2.75, 3.05) is 74.1 Å². The van der Waals surface area contributed by atoms with Crippen LogP contribution in [0.4, 0.5) is 41.6 Å². The lowest BCUT2D eigenvalue weighted by Gasteiger charge is -2.43. The Hall–Kier alpha value is -5.89. The van der Waals surface area contributed by atoms with Crippen molar-refractivity contribution in [1.29, 1.82) is 0 Å². The van der Waals surface area contributed by atoms with E-state index in [1.54, 1.807) is 30.5 Å². The van der Waals surface area contributed by atoms with Crippen LogP contribution in [-0.4, -0.2) is 105 Å². The Labute approximate surface area is 415 Å². The number of anilines is 4. The summed E-state index contributed by atoms with van der Waals surface area (Å²) in [5.74, 6) is -1.000. The van der Waals surface area contributed by atoms with Gasteiger partial charge in [-0.05, 0) is 123 Å². The summed E-state index contributed by atoms with van der Waals surface area (Å²) in [7, 11) is -4.76. The van der Waals surface area contributed by atoms with Gasteiger partial charge in [-0.3, -0.25) is 19.8 Å². The van der Waals surface area contributed by atoms with Crippen molar-refractivity contribution < 1.29 is 40.8 Å². The number of H-pyrrole nitrogens is 1. The first-order valence-corrected chi connectivity index (χ1v) is 25.8. The summed E-state index contributed by atoms with van der Waals surface area (Å²) >= 11 is 6.26. The van der Waals surface area contributed by atoms with Crippen LogP contribution in [0.5, 0.6) is 5.88 Å². The molecule has 2 aromatic heterocycles. The topological polar surface area (TPSA) is 175 Å². The van der Waals surface area contributed by atoms with Gasteiger partial charge in [0.15, 0.2) is 0 Å². The number of piperazine rings is 1. The number of halogens is 4. The van der Waals surface area contributed by atoms with E-state index in [9.17, 15) is 36.5 Å². The van der Waals surface area contributed by atoms with E-state index < -0.39 is 55.7 Å². The van der Waals surface area contributed by atoms with E-state index in [-0.39, 0.29) is 39.8 Å². The number of hydrogen-bond acceptors (Lipinski definition) is 12. The molecule has 3 aromatic carbocycles. The van der Waals surface area contributed by atoms with Gasteiger partial charge in [-0.25, -0.2) is 13.1 Å². The number of ether oxygens (including phenoxy) is 2. The minimum Gasteiger partial charge on any atom is -0.470 e. The average molecular weight is 1020 g/mol. The van der Waals surface area contributed by atoms with Gasteiger partial charge >= 0.3 is 6.18 Å². The molecule has 0 spiro atoms. The second kappa shape index (κ2) is 19.6. The minimum atomic E-state index is -4.76. The van der Waals surface area contributed by atoms with Gasteiger partial charge in [0.1, 0.15) is 23.1 Å². The van der Waals surface area contributed by atoms with E-state index in [1.807, 2.05) is 12.1 Å². The zero-order chi connectivity index (χ0) is 50.5. The van der Waals surface area contributed by atoms with Crippen molar-refractivity contribution >= 4 is 72.6 Å². The summed E-state index contributed by atoms with van der Waals surface area (Å²) in [5, 5.41) is 16.6. The molecule has 1 atom stereocenters. The van der Waals surface area contributed by atoms with E-state index >= 15 is 0 Å². The zero-order valence-corrected chi connectivity index (χ0v) is 41.6. The number of nitrogens with zero attached hydrogens (tertiary/aromatic N) is 5. The normalized spacial score (nSPS) is 19.4. The molecule has 2 fully saturated rings. The number of aromatic nitrogens is 2. The number of allylic oxidation sites excluding steroid dienone is 1. The quantitative estimate of drug-likeness (QED) is 0.0753. The number of nitro groups is 1. The zero-order valence-electron chi connectivity index (χ0n) is 40.1. The van der Waals surface area contributed by atoms with Crippen LogP contribution in [0, 0.1) is 26.9 Å². The maximum Gasteiger partial charge on any atom is 0.397 e. The Morgan fingerprint density at radius 3 is 2.42 bits per heavy atom. The van der Waals surface area contributed by atoms with Crippen molar-refractivity contribution in [3.05, 3.63) is 111 Å². The van der Waals surface area contributed by atoms with Crippen LogP contribution >= 0.6 is 11.6 Å². The van der Waals surface area contributed by atoms with Gasteiger partial charge in [0, 0.05) is 80.8 Å². The van der Waals surface area contributed by atoms with Gasteiger partial charge < -0.3 is 29.6 Å². The number of alkyl halides is 3. The van der Waals surface area contributed by atoms with Crippen molar-refractivity contribution in [3.8, 4) is 5.88 Å². The van der Waals surface area contributed by atoms with Gasteiger partial charge in [0.2, 0.25) is 5.88 Å². The standard InChI is InChI=1S/C51H58ClF3N8O7S/c1-49(2)17-13-35(40(28-49)33-5-7-36(52)8-6-33)30-60-19-21-61(22-20-60)37-9-11-39(47(64)59-71(67,68)38-10-12-41(43(27-38)63(65)66)57-29-32-15-23-69-24-16-32)42(26-37)62-31-45(50(3,4)51(53,54)55)70-48-44(62)25-34-14-18-56-46(34)58-48/h5-12,14,18,25-27,32,45,57H,13,15-17,19-24,28-31H2,1-4H3,(H,56,58)(H,59,64)/t45-/m1/s1. The molecular weight excluding hydrogens is 961 g/mol. The molecule has 378 valence electrons. The van der Waals surface area contributed by atoms with Crippen LogP contribution in [0.3, 0.4) is 0 Å². The second-order valence-corrected chi connectivity index (χ2v) is 22.5. The summed E-state index contributed by atoms with van der Waals surface area (Å²) in [6.45, 7) is 11.2. The fraction of sp³-hybridized carbons (Fsp3) is 0.451. The summed E-state index contributed by atoms with van der Waals surface area (Å²) < 4.78 is 86.2. The summed E-state index contributed by atoms with van der Waals surface area (Å²) in [6.07, 6.45) is -0.0739. The van der Waals surface area contributed by atoms with Gasteiger partial charge in [0.05, 0.1) is 33.0 Å². The molecule has 0 saturated carbocycles. The molecule has 1 amide bonds. The number of pyridine rings is 1. The number of amides is 1. The van der Waals surface area contributed by atoms with Gasteiger partial charge in [-0.2, -0.15) is 18.2 Å². The SMILES string of the molecule is CC1(C)CCC(CN2CCN(c3ccc(C(=O)NS(=O)(=O)c4ccc(NCC5CCOCC5)c([N+](=O)[O-])c4)c(N4C[C@H](C(C)(C)C(F)(F)F)Oc5nc6[nH]ccc6cc54)c3)CC2)=C(c2ccc(Cl)cc2)C1. The first kappa shape index (κ1) is 50.1. The van der Waals surface area contributed by atoms with E-state index in [1.165, 1.54) is 39.8 Å². The number of benzene rings is 3. The predicted molar refractivity (Wildman–Crippen MR) is 268 cm³/mol. The average Bonchev–Trinajstić information content (AvgIpc) is 3.80. The van der Waals surface area contributed by atoms with E-state index in [4.69, 9.17) is 21.1 Å². The highest BCUT2D eigenvalue weighted by molar-refractivity contribution is 7.90. The Morgan fingerprint density at radius 1 is 0.986 bits per heavy atom. The third-order valence-corrected chi connectivity index (χ3v) is 16.2. The predicted octanol–water partition coefficient (Wildman–Crippen LogP) is 10.4. The van der Waals surface area contributed by atoms with Crippen LogP contribution in [0.2, 0.25) is 5.02 Å². The highest BCUT2D eigenvalue weighted by atomic mass is 35.5. The lowest BCUT2D eigenvalue weighted by molar-refractivity contribution is -0.384. The molecule has 5 heterocycles. The van der Waals surface area contributed by atoms with E-state index in [0.29, 0.717) is 67.7 Å².